The Morgan fingerprint density at radius 1 is 1.50 bits per heavy atom. The van der Waals surface area contributed by atoms with Gasteiger partial charge >= 0.3 is 0 Å². The van der Waals surface area contributed by atoms with Crippen LogP contribution in [0.2, 0.25) is 0 Å². The molecule has 1 N–H and O–H groups in total. The summed E-state index contributed by atoms with van der Waals surface area (Å²) in [6.45, 7) is 7.25. The highest BCUT2D eigenvalue weighted by atomic mass is 14.7. The van der Waals surface area contributed by atoms with Crippen molar-refractivity contribution < 1.29 is 4.99 Å². The molecule has 0 spiro atoms. The predicted molar refractivity (Wildman–Crippen MR) is 27.9 cm³/mol. The van der Waals surface area contributed by atoms with Gasteiger partial charge in [0.05, 0.1) is 0 Å². The fourth-order valence-corrected chi connectivity index (χ4v) is 0.354. The SMILES string of the molecule is CC[NH+]=C(C)C. The summed E-state index contributed by atoms with van der Waals surface area (Å²) in [7, 11) is 0. The quantitative estimate of drug-likeness (QED) is 0.416. The highest BCUT2D eigenvalue weighted by molar-refractivity contribution is 5.72. The van der Waals surface area contributed by atoms with Crippen molar-refractivity contribution in [3.63, 3.8) is 0 Å². The minimum Gasteiger partial charge on any atom is -0.250 e. The summed E-state index contributed by atoms with van der Waals surface area (Å²) in [6.07, 6.45) is 0. The van der Waals surface area contributed by atoms with Crippen LogP contribution in [-0.2, 0) is 0 Å². The van der Waals surface area contributed by atoms with Crippen molar-refractivity contribution in [1.29, 1.82) is 0 Å². The number of hydrogen-bond acceptors (Lipinski definition) is 0. The zero-order valence-corrected chi connectivity index (χ0v) is 4.71. The Bertz CT molecular complexity index is 51.0. The van der Waals surface area contributed by atoms with E-state index in [0.717, 1.165) is 6.54 Å². The number of hydrogen-bond donors (Lipinski definition) is 1. The van der Waals surface area contributed by atoms with E-state index in [2.05, 4.69) is 25.8 Å². The van der Waals surface area contributed by atoms with Gasteiger partial charge in [-0.3, -0.25) is 0 Å². The van der Waals surface area contributed by atoms with E-state index in [1.54, 1.807) is 0 Å². The third-order valence-corrected chi connectivity index (χ3v) is 0.530. The molecule has 1 nitrogen and oxygen atoms in total. The summed E-state index contributed by atoms with van der Waals surface area (Å²) in [5.41, 5.74) is 1.29. The zero-order chi connectivity index (χ0) is 4.99. The van der Waals surface area contributed by atoms with Crippen molar-refractivity contribution in [2.45, 2.75) is 20.8 Å². The predicted octanol–water partition coefficient (Wildman–Crippen LogP) is -0.432. The van der Waals surface area contributed by atoms with E-state index < -0.39 is 0 Å². The van der Waals surface area contributed by atoms with Crippen LogP contribution < -0.4 is 4.99 Å². The average Bonchev–Trinajstić information content (AvgIpc) is 1.35. The largest absolute Gasteiger partial charge is 0.250 e. The summed E-state index contributed by atoms with van der Waals surface area (Å²) >= 11 is 0. The molecule has 0 rings (SSSR count). The average molecular weight is 86.2 g/mol. The van der Waals surface area contributed by atoms with E-state index in [4.69, 9.17) is 0 Å². The fourth-order valence-electron chi connectivity index (χ4n) is 0.354. The molecule has 0 aliphatic carbocycles. The lowest BCUT2D eigenvalue weighted by atomic mass is 10.5. The van der Waals surface area contributed by atoms with Crippen LogP contribution in [0, 0.1) is 0 Å². The van der Waals surface area contributed by atoms with Gasteiger partial charge in [0, 0.05) is 13.8 Å². The van der Waals surface area contributed by atoms with Crippen molar-refractivity contribution >= 4 is 5.71 Å². The molecule has 1 heteroatoms. The second kappa shape index (κ2) is 2.88. The molecule has 0 aliphatic heterocycles. The lowest BCUT2D eigenvalue weighted by Crippen LogP contribution is -2.70. The molecule has 36 valence electrons. The van der Waals surface area contributed by atoms with E-state index >= 15 is 0 Å². The number of nitrogens with one attached hydrogen (secondary N) is 1. The van der Waals surface area contributed by atoms with Gasteiger partial charge in [-0.2, -0.15) is 0 Å². The normalized spacial score (nSPS) is 7.83. The molecule has 0 aromatic rings. The maximum Gasteiger partial charge on any atom is 0.144 e. The molecule has 0 bridgehead atoms. The lowest BCUT2D eigenvalue weighted by molar-refractivity contribution is -0.453. The molecular weight excluding hydrogens is 74.1 g/mol. The molecular formula is C5H12N+. The van der Waals surface area contributed by atoms with Crippen molar-refractivity contribution in [3.8, 4) is 0 Å². The first-order valence-electron chi connectivity index (χ1n) is 2.31. The fraction of sp³-hybridized carbons (Fsp3) is 0.800. The Kier molecular flexibility index (Phi) is 2.73. The highest BCUT2D eigenvalue weighted by Gasteiger charge is 1.76. The first-order valence-corrected chi connectivity index (χ1v) is 2.31. The Morgan fingerprint density at radius 2 is 2.00 bits per heavy atom. The van der Waals surface area contributed by atoms with E-state index in [0.29, 0.717) is 0 Å². The minimum absolute atomic E-state index is 1.04. The lowest BCUT2D eigenvalue weighted by Gasteiger charge is -1.72. The first kappa shape index (κ1) is 5.67. The van der Waals surface area contributed by atoms with Gasteiger partial charge in [-0.1, -0.05) is 0 Å². The van der Waals surface area contributed by atoms with Crippen molar-refractivity contribution in [1.82, 2.24) is 0 Å². The maximum atomic E-state index is 3.12. The summed E-state index contributed by atoms with van der Waals surface area (Å²) < 4.78 is 0. The Balaban J connectivity index is 3.14. The van der Waals surface area contributed by atoms with Crippen LogP contribution in [0.5, 0.6) is 0 Å². The van der Waals surface area contributed by atoms with Crippen LogP contribution >= 0.6 is 0 Å². The maximum absolute atomic E-state index is 3.12. The van der Waals surface area contributed by atoms with Crippen molar-refractivity contribution in [3.05, 3.63) is 0 Å². The monoisotopic (exact) mass is 86.1 g/mol. The molecule has 6 heavy (non-hydrogen) atoms. The van der Waals surface area contributed by atoms with Gasteiger partial charge in [0.2, 0.25) is 0 Å². The first-order chi connectivity index (χ1) is 2.77. The van der Waals surface area contributed by atoms with E-state index in [1.807, 2.05) is 0 Å². The van der Waals surface area contributed by atoms with Gasteiger partial charge in [-0.25, -0.2) is 4.99 Å². The third kappa shape index (κ3) is 3.67. The summed E-state index contributed by atoms with van der Waals surface area (Å²) in [5, 5.41) is 0. The van der Waals surface area contributed by atoms with Gasteiger partial charge < -0.3 is 0 Å². The van der Waals surface area contributed by atoms with E-state index in [9.17, 15) is 0 Å². The van der Waals surface area contributed by atoms with Crippen molar-refractivity contribution in [2.24, 2.45) is 0 Å². The van der Waals surface area contributed by atoms with Gasteiger partial charge in [0.15, 0.2) is 0 Å². The number of rotatable bonds is 1. The van der Waals surface area contributed by atoms with E-state index in [-0.39, 0.29) is 0 Å². The van der Waals surface area contributed by atoms with Crippen LogP contribution in [0.25, 0.3) is 0 Å². The second-order valence-corrected chi connectivity index (χ2v) is 1.53. The van der Waals surface area contributed by atoms with Gasteiger partial charge in [0.1, 0.15) is 12.3 Å². The molecule has 0 saturated heterocycles. The summed E-state index contributed by atoms with van der Waals surface area (Å²) in [6, 6.07) is 0. The Hall–Kier alpha value is -0.330. The zero-order valence-electron chi connectivity index (χ0n) is 4.71. The van der Waals surface area contributed by atoms with Crippen LogP contribution in [0.15, 0.2) is 0 Å². The van der Waals surface area contributed by atoms with Crippen LogP contribution in [0.4, 0.5) is 0 Å². The molecule has 0 heterocycles. The highest BCUT2D eigenvalue weighted by Crippen LogP contribution is 1.46. The van der Waals surface area contributed by atoms with Crippen LogP contribution in [-0.4, -0.2) is 12.3 Å². The van der Waals surface area contributed by atoms with Gasteiger partial charge in [-0.05, 0) is 6.92 Å². The summed E-state index contributed by atoms with van der Waals surface area (Å²) in [4.78, 5) is 3.12. The molecule has 0 radical (unpaired) electrons. The molecule has 0 aromatic carbocycles. The molecule has 0 atom stereocenters. The summed E-state index contributed by atoms with van der Waals surface area (Å²) in [5.74, 6) is 0. The van der Waals surface area contributed by atoms with Crippen LogP contribution in [0.1, 0.15) is 20.8 Å². The molecule has 0 unspecified atom stereocenters. The van der Waals surface area contributed by atoms with E-state index in [1.165, 1.54) is 5.71 Å². The van der Waals surface area contributed by atoms with Crippen molar-refractivity contribution in [2.75, 3.05) is 6.54 Å². The Morgan fingerprint density at radius 3 is 2.00 bits per heavy atom. The van der Waals surface area contributed by atoms with Gasteiger partial charge in [0.25, 0.3) is 0 Å². The standard InChI is InChI=1S/C5H11N/c1-4-6-5(2)3/h4H2,1-3H3/p+1. The second-order valence-electron chi connectivity index (χ2n) is 1.53. The molecule has 0 aromatic heterocycles. The molecule has 0 aliphatic rings. The smallest absolute Gasteiger partial charge is 0.144 e. The third-order valence-electron chi connectivity index (χ3n) is 0.530. The van der Waals surface area contributed by atoms with Gasteiger partial charge in [-0.15, -0.1) is 0 Å². The topological polar surface area (TPSA) is 14.0 Å². The minimum atomic E-state index is 1.04. The molecule has 0 fully saturated rings. The molecule has 0 saturated carbocycles. The Labute approximate surface area is 39.1 Å². The molecule has 0 amide bonds. The van der Waals surface area contributed by atoms with Crippen LogP contribution in [0.3, 0.4) is 0 Å².